The van der Waals surface area contributed by atoms with E-state index in [1.165, 1.54) is 12.1 Å². The molecule has 0 aliphatic carbocycles. The van der Waals surface area contributed by atoms with Gasteiger partial charge in [0.15, 0.2) is 23.0 Å². The summed E-state index contributed by atoms with van der Waals surface area (Å²) in [5, 5.41) is 19.2. The number of fused-ring (bicyclic) bond motifs is 8. The molecule has 0 bridgehead atoms. The molecule has 6 aromatic carbocycles. The van der Waals surface area contributed by atoms with E-state index in [1.807, 2.05) is 81.9 Å². The summed E-state index contributed by atoms with van der Waals surface area (Å²) in [4.78, 5) is 17.9. The second-order valence-corrected chi connectivity index (χ2v) is 15.7. The molecule has 0 spiro atoms. The lowest BCUT2D eigenvalue weighted by Crippen LogP contribution is -1.95. The molecule has 320 valence electrons. The number of pyridine rings is 2. The molecule has 0 saturated carbocycles. The monoisotopic (exact) mass is 872 g/mol. The van der Waals surface area contributed by atoms with E-state index in [1.54, 1.807) is 49.3 Å². The summed E-state index contributed by atoms with van der Waals surface area (Å²) in [5.74, 6) is 1.79. The molecule has 2 aliphatic rings. The predicted octanol–water partition coefficient (Wildman–Crippen LogP) is 11.1. The van der Waals surface area contributed by atoms with Gasteiger partial charge < -0.3 is 18.9 Å². The Bertz CT molecular complexity index is 3380. The van der Waals surface area contributed by atoms with E-state index in [0.717, 1.165) is 55.3 Å². The van der Waals surface area contributed by atoms with Crippen LogP contribution in [0.15, 0.2) is 134 Å². The maximum absolute atomic E-state index is 15.1. The number of hydrogen-bond donors (Lipinski definition) is 0. The van der Waals surface area contributed by atoms with Crippen LogP contribution in [0.25, 0.3) is 77.5 Å². The molecule has 12 nitrogen and oxygen atoms in total. The van der Waals surface area contributed by atoms with Gasteiger partial charge in [-0.2, -0.15) is 10.5 Å². The summed E-state index contributed by atoms with van der Waals surface area (Å²) < 4.78 is 55.8. The highest BCUT2D eigenvalue weighted by molar-refractivity contribution is 6.05. The molecule has 12 rings (SSSR count). The molecule has 66 heavy (non-hydrogen) atoms. The second-order valence-electron chi connectivity index (χ2n) is 15.7. The van der Waals surface area contributed by atoms with E-state index in [4.69, 9.17) is 29.5 Å². The number of hydrogen-bond acceptors (Lipinski definition) is 10. The lowest BCUT2D eigenvalue weighted by molar-refractivity contribution is 0.173. The van der Waals surface area contributed by atoms with Crippen LogP contribution in [0.4, 0.5) is 8.78 Å². The number of aryl methyl sites for hydroxylation is 2. The molecule has 14 heteroatoms. The standard InChI is InChI=1S/2C26H17FN4O2/c2*27-21-12-22-20(11-19(21)17-5-8-24-25(10-17)33-15-32-24)26-23(13-29-22)30-14-31(26)18-6-3-16(4-7-18)2-1-9-28/h2*3-8,10-14H,1-2,15H2. The molecule has 4 aromatic heterocycles. The SMILES string of the molecule is N#CCCc1ccc(-n2cnc3cnc4cc(F)c(-c5ccc6c(c5)OCO6)cc4c32)cc1.N#CCCc1ccc(-n2cnc3cnc4cc(F)c(-c5ccc6c(c5)OCO6)cc4c32)cc1. The Labute approximate surface area is 375 Å². The number of nitrogens with zero attached hydrogens (tertiary/aromatic N) is 8. The summed E-state index contributed by atoms with van der Waals surface area (Å²) in [7, 11) is 0. The van der Waals surface area contributed by atoms with E-state index in [9.17, 15) is 0 Å². The van der Waals surface area contributed by atoms with Crippen LogP contribution in [0, 0.1) is 34.3 Å². The zero-order valence-corrected chi connectivity index (χ0v) is 34.9. The van der Waals surface area contributed by atoms with Crippen LogP contribution in [-0.4, -0.2) is 42.7 Å². The Hall–Kier alpha value is -8.88. The van der Waals surface area contributed by atoms with Crippen molar-refractivity contribution in [3.05, 3.63) is 157 Å². The van der Waals surface area contributed by atoms with Gasteiger partial charge in [-0.05, 0) is 95.8 Å². The van der Waals surface area contributed by atoms with E-state index in [-0.39, 0.29) is 25.2 Å². The van der Waals surface area contributed by atoms with Gasteiger partial charge in [0.1, 0.15) is 35.3 Å². The Morgan fingerprint density at radius 3 is 1.33 bits per heavy atom. The molecule has 0 atom stereocenters. The maximum Gasteiger partial charge on any atom is 0.231 e. The molecule has 0 amide bonds. The molecule has 2 aliphatic heterocycles. The highest BCUT2D eigenvalue weighted by Gasteiger charge is 2.20. The number of rotatable bonds is 8. The highest BCUT2D eigenvalue weighted by atomic mass is 19.1. The largest absolute Gasteiger partial charge is 0.454 e. The average molecular weight is 873 g/mol. The molecule has 0 unspecified atom stereocenters. The number of benzene rings is 6. The first kappa shape index (κ1) is 39.9. The smallest absolute Gasteiger partial charge is 0.231 e. The molecule has 0 N–H and O–H groups in total. The third-order valence-corrected chi connectivity index (χ3v) is 11.8. The second kappa shape index (κ2) is 16.7. The first-order chi connectivity index (χ1) is 32.4. The van der Waals surface area contributed by atoms with E-state index < -0.39 is 0 Å². The third kappa shape index (κ3) is 7.26. The fraction of sp³-hybridized carbons (Fsp3) is 0.115. The minimum atomic E-state index is -0.360. The fourth-order valence-corrected chi connectivity index (χ4v) is 8.44. The van der Waals surface area contributed by atoms with Crippen molar-refractivity contribution in [2.45, 2.75) is 25.7 Å². The first-order valence-corrected chi connectivity index (χ1v) is 21.1. The summed E-state index contributed by atoms with van der Waals surface area (Å²) in [6.07, 6.45) is 9.22. The van der Waals surface area contributed by atoms with Gasteiger partial charge >= 0.3 is 0 Å². The van der Waals surface area contributed by atoms with Gasteiger partial charge in [-0.15, -0.1) is 0 Å². The van der Waals surface area contributed by atoms with E-state index in [2.05, 4.69) is 32.1 Å². The Morgan fingerprint density at radius 2 is 0.909 bits per heavy atom. The van der Waals surface area contributed by atoms with Crippen LogP contribution in [0.3, 0.4) is 0 Å². The van der Waals surface area contributed by atoms with Crippen molar-refractivity contribution in [3.63, 3.8) is 0 Å². The van der Waals surface area contributed by atoms with Crippen LogP contribution in [0.2, 0.25) is 0 Å². The van der Waals surface area contributed by atoms with Gasteiger partial charge in [0.05, 0.1) is 46.6 Å². The Balaban J connectivity index is 0.000000146. The molecule has 0 saturated heterocycles. The topological polar surface area (TPSA) is 146 Å². The van der Waals surface area contributed by atoms with Crippen molar-refractivity contribution in [1.82, 2.24) is 29.1 Å². The number of halogens is 2. The number of imidazole rings is 2. The van der Waals surface area contributed by atoms with Crippen molar-refractivity contribution >= 4 is 43.9 Å². The minimum absolute atomic E-state index is 0.165. The van der Waals surface area contributed by atoms with Crippen LogP contribution < -0.4 is 18.9 Å². The third-order valence-electron chi connectivity index (χ3n) is 11.8. The van der Waals surface area contributed by atoms with Crippen LogP contribution in [0.5, 0.6) is 23.0 Å². The molecule has 0 fully saturated rings. The van der Waals surface area contributed by atoms with Gasteiger partial charge in [-0.25, -0.2) is 18.7 Å². The predicted molar refractivity (Wildman–Crippen MR) is 244 cm³/mol. The molecule has 0 radical (unpaired) electrons. The summed E-state index contributed by atoms with van der Waals surface area (Å²) in [5.41, 5.74) is 10.6. The van der Waals surface area contributed by atoms with Crippen LogP contribution in [0.1, 0.15) is 24.0 Å². The average Bonchev–Trinajstić information content (AvgIpc) is 4.19. The molecule has 6 heterocycles. The molecular formula is C52H34F2N8O4. The van der Waals surface area contributed by atoms with Crippen molar-refractivity contribution in [2.75, 3.05) is 13.6 Å². The van der Waals surface area contributed by atoms with Crippen molar-refractivity contribution in [1.29, 1.82) is 10.5 Å². The zero-order chi connectivity index (χ0) is 44.7. The number of aromatic nitrogens is 6. The summed E-state index contributed by atoms with van der Waals surface area (Å²) in [6, 6.07) is 37.8. The number of ether oxygens (including phenoxy) is 4. The summed E-state index contributed by atoms with van der Waals surface area (Å²) >= 11 is 0. The van der Waals surface area contributed by atoms with Gasteiger partial charge in [-0.1, -0.05) is 36.4 Å². The quantitative estimate of drug-likeness (QED) is 0.145. The van der Waals surface area contributed by atoms with Crippen molar-refractivity contribution < 1.29 is 27.7 Å². The van der Waals surface area contributed by atoms with Crippen molar-refractivity contribution in [3.8, 4) is 68.8 Å². The highest BCUT2D eigenvalue weighted by Crippen LogP contribution is 2.40. The minimum Gasteiger partial charge on any atom is -0.454 e. The first-order valence-electron chi connectivity index (χ1n) is 21.1. The Morgan fingerprint density at radius 1 is 0.485 bits per heavy atom. The van der Waals surface area contributed by atoms with E-state index >= 15 is 8.78 Å². The van der Waals surface area contributed by atoms with Gasteiger partial charge in [0.25, 0.3) is 0 Å². The van der Waals surface area contributed by atoms with Gasteiger partial charge in [-0.3, -0.25) is 19.1 Å². The lowest BCUT2D eigenvalue weighted by atomic mass is 10.0. The number of nitriles is 2. The van der Waals surface area contributed by atoms with Gasteiger partial charge in [0, 0.05) is 58.2 Å². The Kier molecular flexibility index (Phi) is 10.1. The normalized spacial score (nSPS) is 12.4. The zero-order valence-electron chi connectivity index (χ0n) is 34.9. The van der Waals surface area contributed by atoms with Crippen LogP contribution >= 0.6 is 0 Å². The lowest BCUT2D eigenvalue weighted by Gasteiger charge is -2.10. The molecular weight excluding hydrogens is 839 g/mol. The molecule has 10 aromatic rings. The van der Waals surface area contributed by atoms with Gasteiger partial charge in [0.2, 0.25) is 13.6 Å². The summed E-state index contributed by atoms with van der Waals surface area (Å²) in [6.45, 7) is 0.329. The van der Waals surface area contributed by atoms with E-state index in [0.29, 0.717) is 82.0 Å². The van der Waals surface area contributed by atoms with Crippen LogP contribution in [-0.2, 0) is 12.8 Å². The van der Waals surface area contributed by atoms with Crippen molar-refractivity contribution in [2.24, 2.45) is 0 Å². The maximum atomic E-state index is 15.1. The fourth-order valence-electron chi connectivity index (χ4n) is 8.44.